The predicted octanol–water partition coefficient (Wildman–Crippen LogP) is 3.61. The molecule has 2 heteroatoms. The van der Waals surface area contributed by atoms with Gasteiger partial charge in [0.1, 0.15) is 0 Å². The lowest BCUT2D eigenvalue weighted by Gasteiger charge is -2.24. The molecule has 1 heterocycles. The number of benzene rings is 1. The molecule has 0 unspecified atom stereocenters. The van der Waals surface area contributed by atoms with Gasteiger partial charge in [-0.1, -0.05) is 6.07 Å². The molecule has 0 atom stereocenters. The average molecular weight is 221 g/mol. The molecular weight excluding hydrogens is 202 g/mol. The van der Waals surface area contributed by atoms with Crippen molar-refractivity contribution in [1.82, 2.24) is 0 Å². The van der Waals surface area contributed by atoms with Gasteiger partial charge in [0.2, 0.25) is 0 Å². The SMILES string of the molecule is Cc1cc(C)cc(NC2CCSCC2)c1. The lowest BCUT2D eigenvalue weighted by molar-refractivity contribution is 0.667. The fourth-order valence-electron chi connectivity index (χ4n) is 2.14. The summed E-state index contributed by atoms with van der Waals surface area (Å²) in [5.41, 5.74) is 4.00. The summed E-state index contributed by atoms with van der Waals surface area (Å²) in [6, 6.07) is 7.40. The van der Waals surface area contributed by atoms with Crippen LogP contribution in [0.1, 0.15) is 24.0 Å². The van der Waals surface area contributed by atoms with E-state index in [4.69, 9.17) is 0 Å². The first-order valence-electron chi connectivity index (χ1n) is 5.66. The van der Waals surface area contributed by atoms with Crippen LogP contribution in [-0.2, 0) is 0 Å². The van der Waals surface area contributed by atoms with Gasteiger partial charge < -0.3 is 5.32 Å². The third kappa shape index (κ3) is 3.16. The number of thioether (sulfide) groups is 1. The molecule has 2 rings (SSSR count). The first kappa shape index (κ1) is 10.9. The van der Waals surface area contributed by atoms with E-state index in [0.29, 0.717) is 6.04 Å². The molecule has 1 aromatic carbocycles. The van der Waals surface area contributed by atoms with Crippen molar-refractivity contribution in [2.75, 3.05) is 16.8 Å². The topological polar surface area (TPSA) is 12.0 Å². The van der Waals surface area contributed by atoms with Crippen molar-refractivity contribution in [3.63, 3.8) is 0 Å². The van der Waals surface area contributed by atoms with E-state index < -0.39 is 0 Å². The second-order valence-corrected chi connectivity index (χ2v) is 5.63. The minimum Gasteiger partial charge on any atom is -0.382 e. The molecule has 1 saturated heterocycles. The summed E-state index contributed by atoms with van der Waals surface area (Å²) in [5, 5.41) is 3.65. The van der Waals surface area contributed by atoms with E-state index in [1.807, 2.05) is 0 Å². The molecule has 0 aromatic heterocycles. The summed E-state index contributed by atoms with van der Waals surface area (Å²) in [6.07, 6.45) is 2.61. The van der Waals surface area contributed by atoms with Gasteiger partial charge in [-0.2, -0.15) is 11.8 Å². The van der Waals surface area contributed by atoms with E-state index in [1.54, 1.807) is 0 Å². The van der Waals surface area contributed by atoms with Crippen LogP contribution in [0, 0.1) is 13.8 Å². The number of aryl methyl sites for hydroxylation is 2. The summed E-state index contributed by atoms with van der Waals surface area (Å²) < 4.78 is 0. The van der Waals surface area contributed by atoms with Gasteiger partial charge in [-0.3, -0.25) is 0 Å². The molecule has 1 N–H and O–H groups in total. The second kappa shape index (κ2) is 4.93. The summed E-state index contributed by atoms with van der Waals surface area (Å²) in [7, 11) is 0. The van der Waals surface area contributed by atoms with E-state index in [0.717, 1.165) is 0 Å². The Balaban J connectivity index is 2.02. The molecule has 1 nitrogen and oxygen atoms in total. The molecule has 0 bridgehead atoms. The molecule has 1 aliphatic rings. The Kier molecular flexibility index (Phi) is 3.57. The Morgan fingerprint density at radius 2 is 1.67 bits per heavy atom. The molecule has 0 amide bonds. The summed E-state index contributed by atoms with van der Waals surface area (Å²) in [4.78, 5) is 0. The van der Waals surface area contributed by atoms with Crippen molar-refractivity contribution in [3.05, 3.63) is 29.3 Å². The second-order valence-electron chi connectivity index (χ2n) is 4.41. The smallest absolute Gasteiger partial charge is 0.0347 e. The average Bonchev–Trinajstić information content (AvgIpc) is 2.17. The van der Waals surface area contributed by atoms with E-state index in [-0.39, 0.29) is 0 Å². The van der Waals surface area contributed by atoms with Crippen molar-refractivity contribution in [3.8, 4) is 0 Å². The minimum absolute atomic E-state index is 0.687. The van der Waals surface area contributed by atoms with E-state index in [1.165, 1.54) is 41.2 Å². The van der Waals surface area contributed by atoms with Gasteiger partial charge in [0.25, 0.3) is 0 Å². The Morgan fingerprint density at radius 3 is 2.27 bits per heavy atom. The minimum atomic E-state index is 0.687. The third-order valence-corrected chi connectivity index (χ3v) is 3.86. The number of rotatable bonds is 2. The van der Waals surface area contributed by atoms with Crippen LogP contribution in [0.4, 0.5) is 5.69 Å². The summed E-state index contributed by atoms with van der Waals surface area (Å²) in [6.45, 7) is 4.32. The molecule has 1 aliphatic heterocycles. The van der Waals surface area contributed by atoms with Gasteiger partial charge in [-0.05, 0) is 61.5 Å². The van der Waals surface area contributed by atoms with Crippen LogP contribution in [0.25, 0.3) is 0 Å². The van der Waals surface area contributed by atoms with Gasteiger partial charge in [0, 0.05) is 11.7 Å². The van der Waals surface area contributed by atoms with Crippen LogP contribution in [0.15, 0.2) is 18.2 Å². The lowest BCUT2D eigenvalue weighted by Crippen LogP contribution is -2.24. The normalized spacial score (nSPS) is 17.7. The molecule has 1 aromatic rings. The molecule has 82 valence electrons. The lowest BCUT2D eigenvalue weighted by atomic mass is 10.1. The van der Waals surface area contributed by atoms with Crippen LogP contribution in [0.5, 0.6) is 0 Å². The monoisotopic (exact) mass is 221 g/mol. The molecule has 0 saturated carbocycles. The highest BCUT2D eigenvalue weighted by atomic mass is 32.2. The molecule has 0 spiro atoms. The van der Waals surface area contributed by atoms with Crippen LogP contribution < -0.4 is 5.32 Å². The van der Waals surface area contributed by atoms with Crippen molar-refractivity contribution in [1.29, 1.82) is 0 Å². The standard InChI is InChI=1S/C13H19NS/c1-10-7-11(2)9-13(8-10)14-12-3-5-15-6-4-12/h7-9,12,14H,3-6H2,1-2H3. The quantitative estimate of drug-likeness (QED) is 0.818. The number of anilines is 1. The molecular formula is C13H19NS. The maximum atomic E-state index is 3.65. The first-order chi connectivity index (χ1) is 7.24. The highest BCUT2D eigenvalue weighted by Crippen LogP contribution is 2.22. The van der Waals surface area contributed by atoms with Gasteiger partial charge in [0.15, 0.2) is 0 Å². The van der Waals surface area contributed by atoms with Gasteiger partial charge in [-0.25, -0.2) is 0 Å². The summed E-state index contributed by atoms with van der Waals surface area (Å²) >= 11 is 2.08. The Labute approximate surface area is 96.7 Å². The van der Waals surface area contributed by atoms with Gasteiger partial charge in [-0.15, -0.1) is 0 Å². The zero-order chi connectivity index (χ0) is 10.7. The zero-order valence-corrected chi connectivity index (χ0v) is 10.4. The Bertz CT molecular complexity index is 309. The fraction of sp³-hybridized carbons (Fsp3) is 0.538. The van der Waals surface area contributed by atoms with Crippen molar-refractivity contribution >= 4 is 17.4 Å². The maximum Gasteiger partial charge on any atom is 0.0347 e. The highest BCUT2D eigenvalue weighted by molar-refractivity contribution is 7.99. The molecule has 0 aliphatic carbocycles. The fourth-order valence-corrected chi connectivity index (χ4v) is 3.24. The van der Waals surface area contributed by atoms with Crippen LogP contribution in [-0.4, -0.2) is 17.5 Å². The van der Waals surface area contributed by atoms with Crippen LogP contribution in [0.2, 0.25) is 0 Å². The maximum absolute atomic E-state index is 3.65. The molecule has 15 heavy (non-hydrogen) atoms. The predicted molar refractivity (Wildman–Crippen MR) is 69.9 cm³/mol. The van der Waals surface area contributed by atoms with E-state index in [2.05, 4.69) is 49.1 Å². The molecule has 1 fully saturated rings. The van der Waals surface area contributed by atoms with E-state index >= 15 is 0 Å². The Morgan fingerprint density at radius 1 is 1.07 bits per heavy atom. The summed E-state index contributed by atoms with van der Waals surface area (Å²) in [5.74, 6) is 2.62. The zero-order valence-electron chi connectivity index (χ0n) is 9.55. The van der Waals surface area contributed by atoms with Gasteiger partial charge >= 0.3 is 0 Å². The van der Waals surface area contributed by atoms with Crippen LogP contribution >= 0.6 is 11.8 Å². The van der Waals surface area contributed by atoms with Crippen molar-refractivity contribution < 1.29 is 0 Å². The number of nitrogens with one attached hydrogen (secondary N) is 1. The first-order valence-corrected chi connectivity index (χ1v) is 6.82. The largest absolute Gasteiger partial charge is 0.382 e. The molecule has 0 radical (unpaired) electrons. The number of hydrogen-bond donors (Lipinski definition) is 1. The highest BCUT2D eigenvalue weighted by Gasteiger charge is 2.13. The van der Waals surface area contributed by atoms with Gasteiger partial charge in [0.05, 0.1) is 0 Å². The third-order valence-electron chi connectivity index (χ3n) is 2.81. The van der Waals surface area contributed by atoms with E-state index in [9.17, 15) is 0 Å². The van der Waals surface area contributed by atoms with Crippen molar-refractivity contribution in [2.45, 2.75) is 32.7 Å². The number of hydrogen-bond acceptors (Lipinski definition) is 2. The Hall–Kier alpha value is -0.630. The van der Waals surface area contributed by atoms with Crippen LogP contribution in [0.3, 0.4) is 0 Å². The van der Waals surface area contributed by atoms with Crippen molar-refractivity contribution in [2.24, 2.45) is 0 Å².